The number of aromatic nitrogens is 2. The predicted octanol–water partition coefficient (Wildman–Crippen LogP) is 2.84. The van der Waals surface area contributed by atoms with Crippen molar-refractivity contribution >= 4 is 22.7 Å². The summed E-state index contributed by atoms with van der Waals surface area (Å²) < 4.78 is 2.62. The van der Waals surface area contributed by atoms with Gasteiger partial charge in [0.25, 0.3) is 5.56 Å². The standard InChI is InChI=1S/C26H36N4O4/c31-23(27-19-12-4-5-13-19)16-8-9-17-29-25(33)21-14-6-7-15-22(21)30(26(29)34)18-24(32)28-20-10-2-1-3-11-20/h6-7,14-15,19-20H,1-5,8-13,16-18H2,(H,27,31)(H,28,32). The summed E-state index contributed by atoms with van der Waals surface area (Å²) in [7, 11) is 0. The monoisotopic (exact) mass is 468 g/mol. The predicted molar refractivity (Wildman–Crippen MR) is 132 cm³/mol. The van der Waals surface area contributed by atoms with Crippen LogP contribution in [0.25, 0.3) is 10.9 Å². The fourth-order valence-corrected chi connectivity index (χ4v) is 5.31. The van der Waals surface area contributed by atoms with E-state index in [1.54, 1.807) is 24.3 Å². The van der Waals surface area contributed by atoms with Crippen LogP contribution in [0.3, 0.4) is 0 Å². The number of hydrogen-bond donors (Lipinski definition) is 2. The largest absolute Gasteiger partial charge is 0.353 e. The molecular weight excluding hydrogens is 432 g/mol. The molecule has 0 saturated heterocycles. The van der Waals surface area contributed by atoms with Gasteiger partial charge in [-0.1, -0.05) is 44.2 Å². The van der Waals surface area contributed by atoms with Crippen LogP contribution in [-0.2, 0) is 22.7 Å². The normalized spacial score (nSPS) is 17.2. The number of nitrogens with one attached hydrogen (secondary N) is 2. The van der Waals surface area contributed by atoms with Gasteiger partial charge in [0.2, 0.25) is 11.8 Å². The highest BCUT2D eigenvalue weighted by molar-refractivity contribution is 5.81. The lowest BCUT2D eigenvalue weighted by Gasteiger charge is -2.23. The summed E-state index contributed by atoms with van der Waals surface area (Å²) >= 11 is 0. The Morgan fingerprint density at radius 1 is 0.794 bits per heavy atom. The van der Waals surface area contributed by atoms with Gasteiger partial charge in [-0.15, -0.1) is 0 Å². The summed E-state index contributed by atoms with van der Waals surface area (Å²) in [6, 6.07) is 7.39. The Bertz CT molecular complexity index is 1120. The number of unbranched alkanes of at least 4 members (excludes halogenated alkanes) is 1. The first-order valence-electron chi connectivity index (χ1n) is 12.8. The lowest BCUT2D eigenvalue weighted by atomic mass is 9.95. The molecule has 34 heavy (non-hydrogen) atoms. The number of benzene rings is 1. The lowest BCUT2D eigenvalue weighted by Crippen LogP contribution is -2.44. The Hall–Kier alpha value is -2.90. The van der Waals surface area contributed by atoms with Crippen molar-refractivity contribution < 1.29 is 9.59 Å². The molecule has 0 unspecified atom stereocenters. The zero-order chi connectivity index (χ0) is 23.9. The van der Waals surface area contributed by atoms with E-state index >= 15 is 0 Å². The molecule has 2 saturated carbocycles. The Balaban J connectivity index is 1.44. The Kier molecular flexibility index (Phi) is 8.19. The first-order chi connectivity index (χ1) is 16.5. The summed E-state index contributed by atoms with van der Waals surface area (Å²) in [5.41, 5.74) is -0.346. The molecule has 0 bridgehead atoms. The third kappa shape index (κ3) is 5.96. The van der Waals surface area contributed by atoms with Crippen molar-refractivity contribution in [3.8, 4) is 0 Å². The van der Waals surface area contributed by atoms with Crippen LogP contribution in [0.5, 0.6) is 0 Å². The summed E-state index contributed by atoms with van der Waals surface area (Å²) in [6.45, 7) is 0.114. The molecule has 0 radical (unpaired) electrons. The van der Waals surface area contributed by atoms with Crippen molar-refractivity contribution in [2.24, 2.45) is 0 Å². The first kappa shape index (κ1) is 24.2. The molecule has 4 rings (SSSR count). The van der Waals surface area contributed by atoms with Crippen molar-refractivity contribution in [2.45, 2.75) is 102 Å². The van der Waals surface area contributed by atoms with Crippen molar-refractivity contribution in [1.82, 2.24) is 19.8 Å². The van der Waals surface area contributed by atoms with E-state index in [1.807, 2.05) is 0 Å². The Morgan fingerprint density at radius 3 is 2.12 bits per heavy atom. The van der Waals surface area contributed by atoms with E-state index in [0.29, 0.717) is 36.2 Å². The fourth-order valence-electron chi connectivity index (χ4n) is 5.31. The minimum atomic E-state index is -0.474. The number of fused-ring (bicyclic) bond motifs is 1. The van der Waals surface area contributed by atoms with Crippen LogP contribution in [0, 0.1) is 0 Å². The van der Waals surface area contributed by atoms with Crippen LogP contribution in [0.2, 0.25) is 0 Å². The first-order valence-corrected chi connectivity index (χ1v) is 12.8. The third-order valence-corrected chi connectivity index (χ3v) is 7.16. The number of hydrogen-bond acceptors (Lipinski definition) is 4. The van der Waals surface area contributed by atoms with E-state index < -0.39 is 5.69 Å². The quantitative estimate of drug-likeness (QED) is 0.553. The Labute approximate surface area is 199 Å². The maximum Gasteiger partial charge on any atom is 0.331 e. The smallest absolute Gasteiger partial charge is 0.331 e. The van der Waals surface area contributed by atoms with Crippen molar-refractivity contribution in [1.29, 1.82) is 0 Å². The molecular formula is C26H36N4O4. The van der Waals surface area contributed by atoms with Crippen molar-refractivity contribution in [3.05, 3.63) is 45.1 Å². The second kappa shape index (κ2) is 11.5. The van der Waals surface area contributed by atoms with E-state index in [1.165, 1.54) is 28.4 Å². The van der Waals surface area contributed by atoms with E-state index in [2.05, 4.69) is 10.6 Å². The number of carbonyl (C=O) groups is 2. The third-order valence-electron chi connectivity index (χ3n) is 7.16. The molecule has 0 spiro atoms. The Morgan fingerprint density at radius 2 is 1.41 bits per heavy atom. The zero-order valence-corrected chi connectivity index (χ0v) is 19.9. The molecule has 8 nitrogen and oxygen atoms in total. The second-order valence-corrected chi connectivity index (χ2v) is 9.75. The molecule has 2 aliphatic carbocycles. The highest BCUT2D eigenvalue weighted by Gasteiger charge is 2.19. The van der Waals surface area contributed by atoms with Crippen LogP contribution in [0.4, 0.5) is 0 Å². The number of para-hydroxylation sites is 1. The topological polar surface area (TPSA) is 102 Å². The molecule has 2 aromatic rings. The highest BCUT2D eigenvalue weighted by atomic mass is 16.2. The van der Waals surface area contributed by atoms with Gasteiger partial charge in [0.15, 0.2) is 0 Å². The molecule has 2 amide bonds. The van der Waals surface area contributed by atoms with Crippen LogP contribution >= 0.6 is 0 Å². The van der Waals surface area contributed by atoms with Gasteiger partial charge in [-0.2, -0.15) is 0 Å². The van der Waals surface area contributed by atoms with Gasteiger partial charge >= 0.3 is 5.69 Å². The number of amides is 2. The summed E-state index contributed by atoms with van der Waals surface area (Å²) in [4.78, 5) is 51.2. The summed E-state index contributed by atoms with van der Waals surface area (Å²) in [5, 5.41) is 6.55. The maximum absolute atomic E-state index is 13.3. The van der Waals surface area contributed by atoms with Crippen LogP contribution in [0.1, 0.15) is 77.0 Å². The van der Waals surface area contributed by atoms with Crippen LogP contribution in [0.15, 0.2) is 33.9 Å². The van der Waals surface area contributed by atoms with Gasteiger partial charge in [-0.25, -0.2) is 4.79 Å². The van der Waals surface area contributed by atoms with Gasteiger partial charge in [0.05, 0.1) is 10.9 Å². The maximum atomic E-state index is 13.3. The molecule has 0 atom stereocenters. The number of rotatable bonds is 9. The lowest BCUT2D eigenvalue weighted by molar-refractivity contribution is -0.123. The molecule has 184 valence electrons. The molecule has 1 aromatic carbocycles. The average Bonchev–Trinajstić information content (AvgIpc) is 3.35. The van der Waals surface area contributed by atoms with Gasteiger partial charge in [-0.3, -0.25) is 23.5 Å². The summed E-state index contributed by atoms with van der Waals surface area (Å²) in [5.74, 6) is -0.164. The van der Waals surface area contributed by atoms with E-state index in [0.717, 1.165) is 38.5 Å². The average molecular weight is 469 g/mol. The SMILES string of the molecule is O=C(CCCCn1c(=O)c2ccccc2n(CC(=O)NC2CCCCC2)c1=O)NC1CCCC1. The van der Waals surface area contributed by atoms with Crippen LogP contribution in [-0.4, -0.2) is 33.0 Å². The molecule has 2 fully saturated rings. The number of nitrogens with zero attached hydrogens (tertiary/aromatic N) is 2. The van der Waals surface area contributed by atoms with Crippen molar-refractivity contribution in [3.63, 3.8) is 0 Å². The zero-order valence-electron chi connectivity index (χ0n) is 19.9. The second-order valence-electron chi connectivity index (χ2n) is 9.75. The molecule has 0 aliphatic heterocycles. The molecule has 2 aliphatic rings. The van der Waals surface area contributed by atoms with E-state index in [-0.39, 0.29) is 36.5 Å². The summed E-state index contributed by atoms with van der Waals surface area (Å²) in [6.07, 6.45) is 11.3. The highest BCUT2D eigenvalue weighted by Crippen LogP contribution is 2.18. The molecule has 1 aromatic heterocycles. The van der Waals surface area contributed by atoms with E-state index in [4.69, 9.17) is 0 Å². The fraction of sp³-hybridized carbons (Fsp3) is 0.615. The number of carbonyl (C=O) groups excluding carboxylic acids is 2. The van der Waals surface area contributed by atoms with Gasteiger partial charge in [0, 0.05) is 25.0 Å². The molecule has 1 heterocycles. The molecule has 8 heteroatoms. The minimum absolute atomic E-state index is 0.0366. The van der Waals surface area contributed by atoms with Gasteiger partial charge in [-0.05, 0) is 50.7 Å². The molecule has 2 N–H and O–H groups in total. The van der Waals surface area contributed by atoms with Crippen LogP contribution < -0.4 is 21.9 Å². The van der Waals surface area contributed by atoms with Gasteiger partial charge in [0.1, 0.15) is 6.54 Å². The van der Waals surface area contributed by atoms with Crippen molar-refractivity contribution in [2.75, 3.05) is 0 Å². The minimum Gasteiger partial charge on any atom is -0.353 e. The van der Waals surface area contributed by atoms with Gasteiger partial charge < -0.3 is 10.6 Å². The van der Waals surface area contributed by atoms with E-state index in [9.17, 15) is 19.2 Å².